The summed E-state index contributed by atoms with van der Waals surface area (Å²) in [5.41, 5.74) is 1.28. The number of halogens is 1. The third-order valence-electron chi connectivity index (χ3n) is 3.12. The molecule has 1 N–H and O–H groups in total. The van der Waals surface area contributed by atoms with Gasteiger partial charge in [-0.25, -0.2) is 4.98 Å². The number of piperidine rings is 1. The Labute approximate surface area is 104 Å². The predicted molar refractivity (Wildman–Crippen MR) is 70.5 cm³/mol. The number of anilines is 1. The van der Waals surface area contributed by atoms with Crippen LogP contribution in [0.3, 0.4) is 0 Å². The van der Waals surface area contributed by atoms with E-state index < -0.39 is 0 Å². The van der Waals surface area contributed by atoms with Crippen LogP contribution in [0.4, 0.5) is 5.82 Å². The molecule has 0 spiro atoms. The third kappa shape index (κ3) is 3.09. The topological polar surface area (TPSA) is 28.2 Å². The Morgan fingerprint density at radius 1 is 1.38 bits per heavy atom. The quantitative estimate of drug-likeness (QED) is 0.859. The molecule has 1 aromatic rings. The molecular weight excluding hydrogens is 222 g/mol. The van der Waals surface area contributed by atoms with E-state index in [0.717, 1.165) is 18.9 Å². The lowest BCUT2D eigenvalue weighted by Crippen LogP contribution is -2.41. The van der Waals surface area contributed by atoms with Gasteiger partial charge in [0.25, 0.3) is 0 Å². The van der Waals surface area contributed by atoms with Gasteiger partial charge in [0, 0.05) is 19.3 Å². The van der Waals surface area contributed by atoms with Crippen molar-refractivity contribution in [1.82, 2.24) is 10.3 Å². The van der Waals surface area contributed by atoms with E-state index >= 15 is 0 Å². The van der Waals surface area contributed by atoms with Gasteiger partial charge in [0.2, 0.25) is 0 Å². The van der Waals surface area contributed by atoms with E-state index in [1.807, 2.05) is 12.3 Å². The number of aryl methyl sites for hydroxylation is 1. The number of rotatable bonds is 2. The molecule has 2 heterocycles. The molecule has 1 aliphatic heterocycles. The minimum Gasteiger partial charge on any atom is -0.357 e. The standard InChI is InChI=1S/C12H19N3.ClH/c1-10-3-8-14-12(9-10)15(2)11-4-6-13-7-5-11;/h3,8-9,11,13H,4-7H2,1-2H3;1H. The van der Waals surface area contributed by atoms with Crippen LogP contribution in [-0.4, -0.2) is 31.2 Å². The summed E-state index contributed by atoms with van der Waals surface area (Å²) in [6.07, 6.45) is 4.32. The van der Waals surface area contributed by atoms with Crippen molar-refractivity contribution in [3.05, 3.63) is 23.9 Å². The highest BCUT2D eigenvalue weighted by Crippen LogP contribution is 2.18. The summed E-state index contributed by atoms with van der Waals surface area (Å²) in [5.74, 6) is 1.10. The van der Waals surface area contributed by atoms with Crippen LogP contribution in [0.1, 0.15) is 18.4 Å². The van der Waals surface area contributed by atoms with E-state index in [1.165, 1.54) is 18.4 Å². The largest absolute Gasteiger partial charge is 0.357 e. The van der Waals surface area contributed by atoms with Crippen LogP contribution >= 0.6 is 12.4 Å². The lowest BCUT2D eigenvalue weighted by Gasteiger charge is -2.32. The number of nitrogens with zero attached hydrogens (tertiary/aromatic N) is 2. The summed E-state index contributed by atoms with van der Waals surface area (Å²) in [7, 11) is 2.15. The molecule has 1 fully saturated rings. The van der Waals surface area contributed by atoms with Gasteiger partial charge >= 0.3 is 0 Å². The highest BCUT2D eigenvalue weighted by molar-refractivity contribution is 5.85. The first-order chi connectivity index (χ1) is 7.27. The van der Waals surface area contributed by atoms with Gasteiger partial charge in [-0.1, -0.05) is 0 Å². The molecule has 0 aliphatic carbocycles. The fraction of sp³-hybridized carbons (Fsp3) is 0.583. The first-order valence-corrected chi connectivity index (χ1v) is 5.63. The lowest BCUT2D eigenvalue weighted by molar-refractivity contribution is 0.441. The summed E-state index contributed by atoms with van der Waals surface area (Å²) in [5, 5.41) is 3.39. The normalized spacial score (nSPS) is 16.6. The average Bonchev–Trinajstić information content (AvgIpc) is 2.29. The van der Waals surface area contributed by atoms with E-state index in [9.17, 15) is 0 Å². The predicted octanol–water partition coefficient (Wildman–Crippen LogP) is 2.00. The maximum atomic E-state index is 4.42. The van der Waals surface area contributed by atoms with Gasteiger partial charge in [-0.3, -0.25) is 0 Å². The van der Waals surface area contributed by atoms with Crippen LogP contribution in [0.25, 0.3) is 0 Å². The second-order valence-electron chi connectivity index (χ2n) is 4.28. The number of pyridine rings is 1. The van der Waals surface area contributed by atoms with Gasteiger partial charge in [-0.05, 0) is 50.6 Å². The molecule has 0 bridgehead atoms. The van der Waals surface area contributed by atoms with Crippen molar-refractivity contribution in [3.8, 4) is 0 Å². The molecule has 0 unspecified atom stereocenters. The zero-order chi connectivity index (χ0) is 10.7. The average molecular weight is 242 g/mol. The molecule has 1 aromatic heterocycles. The minimum atomic E-state index is 0. The van der Waals surface area contributed by atoms with Crippen molar-refractivity contribution < 1.29 is 0 Å². The number of hydrogen-bond donors (Lipinski definition) is 1. The molecule has 0 atom stereocenters. The summed E-state index contributed by atoms with van der Waals surface area (Å²) in [6.45, 7) is 4.36. The summed E-state index contributed by atoms with van der Waals surface area (Å²) >= 11 is 0. The van der Waals surface area contributed by atoms with Gasteiger partial charge in [0.1, 0.15) is 5.82 Å². The second kappa shape index (κ2) is 6.06. The first kappa shape index (κ1) is 13.3. The molecular formula is C12H20ClN3. The second-order valence-corrected chi connectivity index (χ2v) is 4.28. The van der Waals surface area contributed by atoms with Gasteiger partial charge in [-0.2, -0.15) is 0 Å². The monoisotopic (exact) mass is 241 g/mol. The van der Waals surface area contributed by atoms with Crippen molar-refractivity contribution in [2.45, 2.75) is 25.8 Å². The van der Waals surface area contributed by atoms with E-state index in [4.69, 9.17) is 0 Å². The van der Waals surface area contributed by atoms with Crippen LogP contribution in [0.15, 0.2) is 18.3 Å². The van der Waals surface area contributed by atoms with Crippen molar-refractivity contribution in [2.24, 2.45) is 0 Å². The zero-order valence-electron chi connectivity index (χ0n) is 9.94. The Morgan fingerprint density at radius 3 is 2.69 bits per heavy atom. The molecule has 1 aliphatic rings. The highest BCUT2D eigenvalue weighted by Gasteiger charge is 2.18. The number of nitrogens with one attached hydrogen (secondary N) is 1. The molecule has 0 radical (unpaired) electrons. The van der Waals surface area contributed by atoms with Crippen LogP contribution in [-0.2, 0) is 0 Å². The highest BCUT2D eigenvalue weighted by atomic mass is 35.5. The van der Waals surface area contributed by atoms with Crippen molar-refractivity contribution in [1.29, 1.82) is 0 Å². The molecule has 90 valence electrons. The molecule has 2 rings (SSSR count). The van der Waals surface area contributed by atoms with E-state index in [2.05, 4.69) is 35.2 Å². The van der Waals surface area contributed by atoms with E-state index in [1.54, 1.807) is 0 Å². The van der Waals surface area contributed by atoms with Crippen LogP contribution in [0, 0.1) is 6.92 Å². The summed E-state index contributed by atoms with van der Waals surface area (Å²) in [6, 6.07) is 4.84. The molecule has 0 aromatic carbocycles. The van der Waals surface area contributed by atoms with Gasteiger partial charge in [0.15, 0.2) is 0 Å². The van der Waals surface area contributed by atoms with Gasteiger partial charge in [0.05, 0.1) is 0 Å². The molecule has 1 saturated heterocycles. The summed E-state index contributed by atoms with van der Waals surface area (Å²) in [4.78, 5) is 6.73. The molecule has 4 heteroatoms. The number of aromatic nitrogens is 1. The summed E-state index contributed by atoms with van der Waals surface area (Å²) < 4.78 is 0. The Kier molecular flexibility index (Phi) is 5.03. The number of hydrogen-bond acceptors (Lipinski definition) is 3. The Hall–Kier alpha value is -0.800. The minimum absolute atomic E-state index is 0. The molecule has 3 nitrogen and oxygen atoms in total. The SMILES string of the molecule is Cc1ccnc(N(C)C2CCNCC2)c1.Cl. The molecule has 16 heavy (non-hydrogen) atoms. The first-order valence-electron chi connectivity index (χ1n) is 5.63. The Morgan fingerprint density at radius 2 is 2.06 bits per heavy atom. The van der Waals surface area contributed by atoms with Crippen LogP contribution < -0.4 is 10.2 Å². The van der Waals surface area contributed by atoms with Crippen molar-refractivity contribution in [2.75, 3.05) is 25.0 Å². The maximum Gasteiger partial charge on any atom is 0.128 e. The molecule has 0 saturated carbocycles. The maximum absolute atomic E-state index is 4.42. The molecule has 0 amide bonds. The smallest absolute Gasteiger partial charge is 0.128 e. The van der Waals surface area contributed by atoms with Crippen molar-refractivity contribution >= 4 is 18.2 Å². The Balaban J connectivity index is 0.00000128. The zero-order valence-corrected chi connectivity index (χ0v) is 10.8. The van der Waals surface area contributed by atoms with Crippen LogP contribution in [0.5, 0.6) is 0 Å². The Bertz CT molecular complexity index is 324. The van der Waals surface area contributed by atoms with E-state index in [-0.39, 0.29) is 12.4 Å². The fourth-order valence-corrected chi connectivity index (χ4v) is 2.09. The van der Waals surface area contributed by atoms with Gasteiger partial charge in [-0.15, -0.1) is 12.4 Å². The van der Waals surface area contributed by atoms with Gasteiger partial charge < -0.3 is 10.2 Å². The van der Waals surface area contributed by atoms with Crippen LogP contribution in [0.2, 0.25) is 0 Å². The lowest BCUT2D eigenvalue weighted by atomic mass is 10.1. The van der Waals surface area contributed by atoms with Crippen molar-refractivity contribution in [3.63, 3.8) is 0 Å². The third-order valence-corrected chi connectivity index (χ3v) is 3.12. The fourth-order valence-electron chi connectivity index (χ4n) is 2.09. The van der Waals surface area contributed by atoms with E-state index in [0.29, 0.717) is 6.04 Å².